The summed E-state index contributed by atoms with van der Waals surface area (Å²) in [5.74, 6) is 0.0735. The van der Waals surface area contributed by atoms with Crippen molar-refractivity contribution in [1.29, 1.82) is 0 Å². The highest BCUT2D eigenvalue weighted by molar-refractivity contribution is 7.89. The summed E-state index contributed by atoms with van der Waals surface area (Å²) in [7, 11) is -3.70. The molecule has 2 N–H and O–H groups in total. The van der Waals surface area contributed by atoms with E-state index in [1.54, 1.807) is 25.1 Å². The van der Waals surface area contributed by atoms with Crippen molar-refractivity contribution in [2.45, 2.75) is 36.5 Å². The van der Waals surface area contributed by atoms with E-state index < -0.39 is 28.3 Å². The Morgan fingerprint density at radius 2 is 1.96 bits per heavy atom. The first-order valence-electron chi connectivity index (χ1n) is 9.22. The number of aliphatic hydroxyl groups is 1. The molecule has 2 fully saturated rings. The molecule has 1 aromatic rings. The lowest BCUT2D eigenvalue weighted by atomic mass is 10.1. The van der Waals surface area contributed by atoms with Gasteiger partial charge in [-0.25, -0.2) is 13.1 Å². The Morgan fingerprint density at radius 1 is 1.22 bits per heavy atom. The number of ether oxygens (including phenoxy) is 1. The van der Waals surface area contributed by atoms with Crippen LogP contribution in [0.4, 0.5) is 0 Å². The van der Waals surface area contributed by atoms with Crippen molar-refractivity contribution >= 4 is 15.9 Å². The molecule has 0 saturated carbocycles. The Bertz CT molecular complexity index is 743. The number of aliphatic hydroxyl groups excluding tert-OH is 1. The van der Waals surface area contributed by atoms with Crippen molar-refractivity contribution in [2.75, 3.05) is 39.3 Å². The molecule has 1 amide bonds. The molecule has 1 aromatic carbocycles. The van der Waals surface area contributed by atoms with Gasteiger partial charge in [0.05, 0.1) is 29.8 Å². The van der Waals surface area contributed by atoms with E-state index >= 15 is 0 Å². The molecule has 150 valence electrons. The third-order valence-corrected chi connectivity index (χ3v) is 6.62. The molecule has 0 aliphatic carbocycles. The van der Waals surface area contributed by atoms with Gasteiger partial charge in [0.2, 0.25) is 15.9 Å². The number of nitrogens with one attached hydrogen (secondary N) is 1. The lowest BCUT2D eigenvalue weighted by Crippen LogP contribution is -2.47. The quantitative estimate of drug-likeness (QED) is 0.705. The number of hydrogen-bond acceptors (Lipinski definition) is 6. The molecule has 0 aromatic heterocycles. The summed E-state index contributed by atoms with van der Waals surface area (Å²) >= 11 is 0. The molecule has 2 heterocycles. The number of hydrogen-bond donors (Lipinski definition) is 2. The molecule has 2 saturated heterocycles. The predicted octanol–water partition coefficient (Wildman–Crippen LogP) is -0.353. The van der Waals surface area contributed by atoms with Crippen LogP contribution in [0.25, 0.3) is 0 Å². The first-order valence-corrected chi connectivity index (χ1v) is 10.7. The van der Waals surface area contributed by atoms with Crippen LogP contribution in [0, 0.1) is 0 Å². The van der Waals surface area contributed by atoms with Crippen LogP contribution in [-0.2, 0) is 19.6 Å². The first-order chi connectivity index (χ1) is 12.9. The molecule has 27 heavy (non-hydrogen) atoms. The van der Waals surface area contributed by atoms with Crippen molar-refractivity contribution in [2.24, 2.45) is 0 Å². The van der Waals surface area contributed by atoms with Gasteiger partial charge in [-0.3, -0.25) is 9.69 Å². The summed E-state index contributed by atoms with van der Waals surface area (Å²) in [4.78, 5) is 15.7. The fourth-order valence-electron chi connectivity index (χ4n) is 3.54. The molecule has 0 radical (unpaired) electrons. The van der Waals surface area contributed by atoms with Gasteiger partial charge in [0.15, 0.2) is 0 Å². The van der Waals surface area contributed by atoms with Crippen LogP contribution in [0.15, 0.2) is 35.2 Å². The van der Waals surface area contributed by atoms with Crippen LogP contribution < -0.4 is 4.72 Å². The third kappa shape index (κ3) is 5.05. The molecule has 2 aliphatic heterocycles. The molecule has 0 bridgehead atoms. The highest BCUT2D eigenvalue weighted by Gasteiger charge is 2.39. The minimum absolute atomic E-state index is 0.0735. The maximum absolute atomic E-state index is 12.5. The minimum Gasteiger partial charge on any atom is -0.389 e. The topological polar surface area (TPSA) is 99.2 Å². The lowest BCUT2D eigenvalue weighted by Gasteiger charge is -2.26. The Hall–Kier alpha value is -1.52. The van der Waals surface area contributed by atoms with Crippen molar-refractivity contribution in [1.82, 2.24) is 14.5 Å². The van der Waals surface area contributed by atoms with Crippen LogP contribution >= 0.6 is 0 Å². The van der Waals surface area contributed by atoms with E-state index in [4.69, 9.17) is 4.74 Å². The Labute approximate surface area is 160 Å². The fraction of sp³-hybridized carbons (Fsp3) is 0.611. The summed E-state index contributed by atoms with van der Waals surface area (Å²) < 4.78 is 33.1. The van der Waals surface area contributed by atoms with E-state index in [-0.39, 0.29) is 17.4 Å². The zero-order chi connectivity index (χ0) is 19.4. The number of benzene rings is 1. The van der Waals surface area contributed by atoms with Gasteiger partial charge in [-0.15, -0.1) is 0 Å². The van der Waals surface area contributed by atoms with Crippen molar-refractivity contribution in [3.8, 4) is 0 Å². The number of amides is 1. The number of nitrogens with zero attached hydrogens (tertiary/aromatic N) is 2. The second kappa shape index (κ2) is 8.66. The van der Waals surface area contributed by atoms with E-state index in [9.17, 15) is 18.3 Å². The average Bonchev–Trinajstić information content (AvgIpc) is 2.85. The van der Waals surface area contributed by atoms with Gasteiger partial charge >= 0.3 is 0 Å². The molecular formula is C18H27N3O5S. The van der Waals surface area contributed by atoms with Gasteiger partial charge in [-0.2, -0.15) is 0 Å². The second-order valence-electron chi connectivity index (χ2n) is 7.06. The van der Waals surface area contributed by atoms with Crippen molar-refractivity contribution < 1.29 is 23.1 Å². The first kappa shape index (κ1) is 20.2. The lowest BCUT2D eigenvalue weighted by molar-refractivity contribution is -0.128. The van der Waals surface area contributed by atoms with Crippen LogP contribution in [0.5, 0.6) is 0 Å². The Kier molecular flexibility index (Phi) is 6.48. The van der Waals surface area contributed by atoms with Gasteiger partial charge in [0.25, 0.3) is 0 Å². The normalized spacial score (nSPS) is 27.5. The predicted molar refractivity (Wildman–Crippen MR) is 99.6 cm³/mol. The summed E-state index contributed by atoms with van der Waals surface area (Å²) in [5, 5.41) is 10.6. The van der Waals surface area contributed by atoms with Crippen LogP contribution in [0.3, 0.4) is 0 Å². The zero-order valence-electron chi connectivity index (χ0n) is 15.5. The maximum Gasteiger partial charge on any atom is 0.240 e. The van der Waals surface area contributed by atoms with Gasteiger partial charge in [0, 0.05) is 33.1 Å². The van der Waals surface area contributed by atoms with Gasteiger partial charge in [-0.05, 0) is 25.1 Å². The number of carbonyl (C=O) groups is 1. The number of sulfonamides is 1. The standard InChI is InChI=1S/C18H27N3O5S/c1-14(22)21-9-5-8-20(10-11-21)12-17-18(23)16(13-26-17)19-27(24,25)15-6-3-2-4-7-15/h2-4,6-7,16-19,23H,5,8-13H2,1H3. The van der Waals surface area contributed by atoms with E-state index in [1.165, 1.54) is 12.1 Å². The van der Waals surface area contributed by atoms with E-state index in [0.717, 1.165) is 19.5 Å². The van der Waals surface area contributed by atoms with Gasteiger partial charge in [-0.1, -0.05) is 18.2 Å². The van der Waals surface area contributed by atoms with Crippen LogP contribution in [0.2, 0.25) is 0 Å². The SMILES string of the molecule is CC(=O)N1CCCN(CC2OCC(NS(=O)(=O)c3ccccc3)C2O)CC1. The molecule has 3 rings (SSSR count). The number of rotatable bonds is 5. The molecule has 0 spiro atoms. The number of carbonyl (C=O) groups excluding carboxylic acids is 1. The van der Waals surface area contributed by atoms with Crippen LogP contribution in [0.1, 0.15) is 13.3 Å². The Balaban J connectivity index is 1.55. The summed E-state index contributed by atoms with van der Waals surface area (Å²) in [5.41, 5.74) is 0. The van der Waals surface area contributed by atoms with E-state index in [0.29, 0.717) is 19.6 Å². The van der Waals surface area contributed by atoms with Gasteiger partial charge < -0.3 is 14.7 Å². The van der Waals surface area contributed by atoms with Crippen LogP contribution in [-0.4, -0.2) is 86.8 Å². The monoisotopic (exact) mass is 397 g/mol. The summed E-state index contributed by atoms with van der Waals surface area (Å²) in [6.45, 7) is 5.13. The maximum atomic E-state index is 12.5. The molecular weight excluding hydrogens is 370 g/mol. The summed E-state index contributed by atoms with van der Waals surface area (Å²) in [6, 6.07) is 7.41. The van der Waals surface area contributed by atoms with Crippen molar-refractivity contribution in [3.05, 3.63) is 30.3 Å². The largest absolute Gasteiger partial charge is 0.389 e. The molecule has 3 unspecified atom stereocenters. The Morgan fingerprint density at radius 3 is 2.67 bits per heavy atom. The second-order valence-corrected chi connectivity index (χ2v) is 8.78. The zero-order valence-corrected chi connectivity index (χ0v) is 16.3. The fourth-order valence-corrected chi connectivity index (χ4v) is 4.80. The molecule has 3 atom stereocenters. The molecule has 8 nitrogen and oxygen atoms in total. The van der Waals surface area contributed by atoms with Gasteiger partial charge in [0.1, 0.15) is 0 Å². The van der Waals surface area contributed by atoms with E-state index in [1.807, 2.05) is 4.90 Å². The average molecular weight is 397 g/mol. The van der Waals surface area contributed by atoms with Crippen molar-refractivity contribution in [3.63, 3.8) is 0 Å². The molecule has 2 aliphatic rings. The van der Waals surface area contributed by atoms with E-state index in [2.05, 4.69) is 9.62 Å². The highest BCUT2D eigenvalue weighted by Crippen LogP contribution is 2.19. The molecule has 9 heteroatoms. The smallest absolute Gasteiger partial charge is 0.240 e. The summed E-state index contributed by atoms with van der Waals surface area (Å²) in [6.07, 6.45) is -0.514. The third-order valence-electron chi connectivity index (χ3n) is 5.12. The minimum atomic E-state index is -3.70. The highest BCUT2D eigenvalue weighted by atomic mass is 32.2.